The average molecular weight is 333 g/mol. The topological polar surface area (TPSA) is 30.5 Å². The zero-order valence-corrected chi connectivity index (χ0v) is 14.6. The van der Waals surface area contributed by atoms with Crippen molar-refractivity contribution in [3.8, 4) is 17.2 Å². The minimum absolute atomic E-state index is 0.176. The highest BCUT2D eigenvalue weighted by molar-refractivity contribution is 5.49. The van der Waals surface area contributed by atoms with Crippen LogP contribution in [0.5, 0.6) is 17.2 Å². The predicted molar refractivity (Wildman–Crippen MR) is 102 cm³/mol. The largest absolute Gasteiger partial charge is 0.491 e. The fraction of sp³-hybridized carbons (Fsp3) is 0.182. The molecule has 128 valence electrons. The SMILES string of the molecule is CC(C)Oc1cccc(CNc2cccc(Oc3ccccc3)c2)c1. The van der Waals surface area contributed by atoms with E-state index in [1.54, 1.807) is 0 Å². The monoisotopic (exact) mass is 333 g/mol. The number of ether oxygens (including phenoxy) is 2. The molecular formula is C22H23NO2. The van der Waals surface area contributed by atoms with Gasteiger partial charge in [-0.2, -0.15) is 0 Å². The summed E-state index contributed by atoms with van der Waals surface area (Å²) in [5, 5.41) is 3.43. The van der Waals surface area contributed by atoms with Crippen molar-refractivity contribution in [1.29, 1.82) is 0 Å². The second-order valence-electron chi connectivity index (χ2n) is 6.11. The zero-order valence-electron chi connectivity index (χ0n) is 14.6. The van der Waals surface area contributed by atoms with Crippen LogP contribution in [0.25, 0.3) is 0 Å². The highest BCUT2D eigenvalue weighted by atomic mass is 16.5. The molecule has 0 spiro atoms. The maximum atomic E-state index is 5.87. The Balaban J connectivity index is 1.63. The summed E-state index contributed by atoms with van der Waals surface area (Å²) in [6.45, 7) is 4.79. The van der Waals surface area contributed by atoms with Crippen LogP contribution in [0.1, 0.15) is 19.4 Å². The maximum absolute atomic E-state index is 5.87. The fourth-order valence-electron chi connectivity index (χ4n) is 2.50. The molecule has 3 nitrogen and oxygen atoms in total. The van der Waals surface area contributed by atoms with Crippen LogP contribution < -0.4 is 14.8 Å². The molecule has 0 aliphatic rings. The summed E-state index contributed by atoms with van der Waals surface area (Å²) in [5.74, 6) is 2.54. The molecule has 0 atom stereocenters. The van der Waals surface area contributed by atoms with Crippen LogP contribution in [-0.4, -0.2) is 6.10 Å². The summed E-state index contributed by atoms with van der Waals surface area (Å²) in [7, 11) is 0. The van der Waals surface area contributed by atoms with Gasteiger partial charge in [-0.1, -0.05) is 36.4 Å². The van der Waals surface area contributed by atoms with Gasteiger partial charge in [-0.05, 0) is 55.8 Å². The van der Waals surface area contributed by atoms with Crippen LogP contribution in [0, 0.1) is 0 Å². The van der Waals surface area contributed by atoms with E-state index in [-0.39, 0.29) is 6.10 Å². The van der Waals surface area contributed by atoms with E-state index in [9.17, 15) is 0 Å². The molecule has 0 fully saturated rings. The van der Waals surface area contributed by atoms with Gasteiger partial charge in [0.25, 0.3) is 0 Å². The molecule has 0 saturated carbocycles. The van der Waals surface area contributed by atoms with Gasteiger partial charge in [-0.25, -0.2) is 0 Å². The minimum atomic E-state index is 0.176. The van der Waals surface area contributed by atoms with Crippen molar-refractivity contribution in [2.75, 3.05) is 5.32 Å². The van der Waals surface area contributed by atoms with Gasteiger partial charge in [0.2, 0.25) is 0 Å². The molecular weight excluding hydrogens is 310 g/mol. The molecule has 3 rings (SSSR count). The van der Waals surface area contributed by atoms with Crippen LogP contribution >= 0.6 is 0 Å². The third kappa shape index (κ3) is 5.28. The Morgan fingerprint density at radius 1 is 0.760 bits per heavy atom. The Labute approximate surface area is 149 Å². The molecule has 25 heavy (non-hydrogen) atoms. The van der Waals surface area contributed by atoms with Gasteiger partial charge in [-0.15, -0.1) is 0 Å². The quantitative estimate of drug-likeness (QED) is 0.586. The molecule has 0 amide bonds. The second-order valence-corrected chi connectivity index (χ2v) is 6.11. The van der Waals surface area contributed by atoms with Crippen LogP contribution in [0.2, 0.25) is 0 Å². The average Bonchev–Trinajstić information content (AvgIpc) is 2.61. The summed E-state index contributed by atoms with van der Waals surface area (Å²) >= 11 is 0. The van der Waals surface area contributed by atoms with Crippen LogP contribution in [-0.2, 0) is 6.54 Å². The van der Waals surface area contributed by atoms with Crippen molar-refractivity contribution < 1.29 is 9.47 Å². The van der Waals surface area contributed by atoms with Crippen LogP contribution in [0.15, 0.2) is 78.9 Å². The number of para-hydroxylation sites is 1. The molecule has 0 radical (unpaired) electrons. The lowest BCUT2D eigenvalue weighted by Crippen LogP contribution is -2.06. The normalized spacial score (nSPS) is 10.5. The van der Waals surface area contributed by atoms with Gasteiger partial charge >= 0.3 is 0 Å². The Morgan fingerprint density at radius 3 is 2.28 bits per heavy atom. The highest BCUT2D eigenvalue weighted by Gasteiger charge is 2.02. The molecule has 0 saturated heterocycles. The van der Waals surface area contributed by atoms with Crippen molar-refractivity contribution in [3.05, 3.63) is 84.4 Å². The number of benzene rings is 3. The molecule has 3 aromatic rings. The molecule has 0 aliphatic carbocycles. The Hall–Kier alpha value is -2.94. The molecule has 0 unspecified atom stereocenters. The Bertz CT molecular complexity index is 800. The first-order chi connectivity index (χ1) is 12.2. The van der Waals surface area contributed by atoms with E-state index < -0.39 is 0 Å². The summed E-state index contributed by atoms with van der Waals surface area (Å²) in [6.07, 6.45) is 0.176. The molecule has 0 aromatic heterocycles. The van der Waals surface area contributed by atoms with E-state index in [0.29, 0.717) is 0 Å². The predicted octanol–water partition coefficient (Wildman–Crippen LogP) is 5.88. The minimum Gasteiger partial charge on any atom is -0.491 e. The fourth-order valence-corrected chi connectivity index (χ4v) is 2.50. The summed E-state index contributed by atoms with van der Waals surface area (Å²) < 4.78 is 11.6. The van der Waals surface area contributed by atoms with Crippen LogP contribution in [0.4, 0.5) is 5.69 Å². The Kier molecular flexibility index (Phi) is 5.57. The summed E-state index contributed by atoms with van der Waals surface area (Å²) in [5.41, 5.74) is 2.19. The lowest BCUT2D eigenvalue weighted by atomic mass is 10.2. The first kappa shape index (κ1) is 16.9. The lowest BCUT2D eigenvalue weighted by Gasteiger charge is -2.12. The smallest absolute Gasteiger partial charge is 0.129 e. The maximum Gasteiger partial charge on any atom is 0.129 e. The van der Waals surface area contributed by atoms with E-state index in [1.165, 1.54) is 5.56 Å². The number of hydrogen-bond acceptors (Lipinski definition) is 3. The lowest BCUT2D eigenvalue weighted by molar-refractivity contribution is 0.242. The van der Waals surface area contributed by atoms with E-state index in [4.69, 9.17) is 9.47 Å². The van der Waals surface area contributed by atoms with E-state index in [0.717, 1.165) is 29.5 Å². The molecule has 3 aromatic carbocycles. The number of anilines is 1. The second kappa shape index (κ2) is 8.25. The van der Waals surface area contributed by atoms with Gasteiger partial charge < -0.3 is 14.8 Å². The molecule has 0 aliphatic heterocycles. The summed E-state index contributed by atoms with van der Waals surface area (Å²) in [4.78, 5) is 0. The third-order valence-corrected chi connectivity index (χ3v) is 3.58. The zero-order chi connectivity index (χ0) is 17.5. The summed E-state index contributed by atoms with van der Waals surface area (Å²) in [6, 6.07) is 25.9. The first-order valence-electron chi connectivity index (χ1n) is 8.51. The molecule has 0 bridgehead atoms. The van der Waals surface area contributed by atoms with Gasteiger partial charge in [0, 0.05) is 18.3 Å². The van der Waals surface area contributed by atoms with Gasteiger partial charge in [0.15, 0.2) is 0 Å². The number of hydrogen-bond donors (Lipinski definition) is 1. The van der Waals surface area contributed by atoms with E-state index >= 15 is 0 Å². The Morgan fingerprint density at radius 2 is 1.48 bits per heavy atom. The number of rotatable bonds is 7. The van der Waals surface area contributed by atoms with Crippen molar-refractivity contribution in [2.24, 2.45) is 0 Å². The van der Waals surface area contributed by atoms with Crippen molar-refractivity contribution >= 4 is 5.69 Å². The van der Waals surface area contributed by atoms with Crippen molar-refractivity contribution in [2.45, 2.75) is 26.5 Å². The van der Waals surface area contributed by atoms with E-state index in [2.05, 4.69) is 17.4 Å². The first-order valence-corrected chi connectivity index (χ1v) is 8.51. The highest BCUT2D eigenvalue weighted by Crippen LogP contribution is 2.24. The third-order valence-electron chi connectivity index (χ3n) is 3.58. The van der Waals surface area contributed by atoms with E-state index in [1.807, 2.05) is 80.6 Å². The van der Waals surface area contributed by atoms with Crippen molar-refractivity contribution in [1.82, 2.24) is 0 Å². The van der Waals surface area contributed by atoms with Crippen LogP contribution in [0.3, 0.4) is 0 Å². The van der Waals surface area contributed by atoms with Gasteiger partial charge in [0.05, 0.1) is 6.10 Å². The molecule has 1 N–H and O–H groups in total. The van der Waals surface area contributed by atoms with Gasteiger partial charge in [0.1, 0.15) is 17.2 Å². The van der Waals surface area contributed by atoms with Gasteiger partial charge in [-0.3, -0.25) is 0 Å². The standard InChI is InChI=1S/C22H23NO2/c1-17(2)24-21-12-6-8-18(14-21)16-23-19-9-7-13-22(15-19)25-20-10-4-3-5-11-20/h3-15,17,23H,16H2,1-2H3. The molecule has 3 heteroatoms. The van der Waals surface area contributed by atoms with Crippen molar-refractivity contribution in [3.63, 3.8) is 0 Å². The number of nitrogens with one attached hydrogen (secondary N) is 1. The molecule has 0 heterocycles.